The first kappa shape index (κ1) is 12.7. The Balaban J connectivity index is 2.00. The van der Waals surface area contributed by atoms with Crippen LogP contribution in [-0.2, 0) is 4.74 Å². The third kappa shape index (κ3) is 3.14. The topological polar surface area (TPSA) is 54.3 Å². The number of nitrogens with zero attached hydrogens (tertiary/aromatic N) is 1. The van der Waals surface area contributed by atoms with Crippen LogP contribution in [0.2, 0.25) is 0 Å². The highest BCUT2D eigenvalue weighted by Crippen LogP contribution is 2.23. The van der Waals surface area contributed by atoms with Crippen molar-refractivity contribution < 1.29 is 9.47 Å². The summed E-state index contributed by atoms with van der Waals surface area (Å²) in [5.74, 6) is 1.39. The van der Waals surface area contributed by atoms with Crippen LogP contribution in [0, 0.1) is 17.2 Å². The Bertz CT molecular complexity index is 434. The fourth-order valence-corrected chi connectivity index (χ4v) is 2.10. The summed E-state index contributed by atoms with van der Waals surface area (Å²) in [6.45, 7) is 2.57. The summed E-state index contributed by atoms with van der Waals surface area (Å²) < 4.78 is 10.5. The van der Waals surface area contributed by atoms with Gasteiger partial charge >= 0.3 is 0 Å². The monoisotopic (exact) mass is 246 g/mol. The van der Waals surface area contributed by atoms with E-state index in [0.29, 0.717) is 11.5 Å². The Morgan fingerprint density at radius 3 is 2.89 bits per heavy atom. The summed E-state index contributed by atoms with van der Waals surface area (Å²) in [6.07, 6.45) is 2.16. The molecule has 1 aromatic carbocycles. The molecule has 4 heteroatoms. The van der Waals surface area contributed by atoms with Gasteiger partial charge in [0.2, 0.25) is 0 Å². The lowest BCUT2D eigenvalue weighted by Gasteiger charge is -2.23. The van der Waals surface area contributed by atoms with E-state index in [4.69, 9.17) is 14.7 Å². The summed E-state index contributed by atoms with van der Waals surface area (Å²) in [7, 11) is 1.63. The fraction of sp³-hybridized carbons (Fsp3) is 0.500. The second-order valence-electron chi connectivity index (χ2n) is 4.46. The van der Waals surface area contributed by atoms with E-state index in [1.54, 1.807) is 19.2 Å². The van der Waals surface area contributed by atoms with Crippen molar-refractivity contribution in [3.05, 3.63) is 23.8 Å². The largest absolute Gasteiger partial charge is 0.497 e. The molecule has 0 radical (unpaired) electrons. The molecule has 2 rings (SSSR count). The molecule has 0 saturated carbocycles. The first-order valence-electron chi connectivity index (χ1n) is 6.23. The number of nitriles is 1. The molecule has 1 heterocycles. The summed E-state index contributed by atoms with van der Waals surface area (Å²) in [4.78, 5) is 0. The van der Waals surface area contributed by atoms with Crippen LogP contribution in [-0.4, -0.2) is 26.9 Å². The molecular weight excluding hydrogens is 228 g/mol. The molecule has 0 amide bonds. The summed E-state index contributed by atoms with van der Waals surface area (Å²) in [6, 6.07) is 7.65. The lowest BCUT2D eigenvalue weighted by atomic mass is 10.00. The van der Waals surface area contributed by atoms with Gasteiger partial charge in [0.05, 0.1) is 18.4 Å². The smallest absolute Gasteiger partial charge is 0.121 e. The van der Waals surface area contributed by atoms with Gasteiger partial charge in [-0.15, -0.1) is 0 Å². The van der Waals surface area contributed by atoms with Crippen LogP contribution in [0.15, 0.2) is 18.2 Å². The van der Waals surface area contributed by atoms with Crippen LogP contribution < -0.4 is 10.1 Å². The van der Waals surface area contributed by atoms with Gasteiger partial charge in [-0.1, -0.05) is 0 Å². The zero-order valence-electron chi connectivity index (χ0n) is 10.6. The van der Waals surface area contributed by atoms with Gasteiger partial charge < -0.3 is 14.8 Å². The number of hydrogen-bond acceptors (Lipinski definition) is 4. The fourth-order valence-electron chi connectivity index (χ4n) is 2.10. The molecule has 18 heavy (non-hydrogen) atoms. The molecule has 4 nitrogen and oxygen atoms in total. The van der Waals surface area contributed by atoms with Crippen molar-refractivity contribution in [2.24, 2.45) is 5.92 Å². The number of benzene rings is 1. The van der Waals surface area contributed by atoms with Crippen molar-refractivity contribution in [1.82, 2.24) is 0 Å². The molecule has 96 valence electrons. The zero-order chi connectivity index (χ0) is 12.8. The highest BCUT2D eigenvalue weighted by molar-refractivity contribution is 5.60. The molecule has 0 aliphatic carbocycles. The molecule has 1 fully saturated rings. The average molecular weight is 246 g/mol. The molecular formula is C14H18N2O2. The summed E-state index contributed by atoms with van der Waals surface area (Å²) >= 11 is 0. The maximum Gasteiger partial charge on any atom is 0.121 e. The summed E-state index contributed by atoms with van der Waals surface area (Å²) in [5.41, 5.74) is 1.51. The van der Waals surface area contributed by atoms with Crippen molar-refractivity contribution in [1.29, 1.82) is 5.26 Å². The van der Waals surface area contributed by atoms with Crippen molar-refractivity contribution >= 4 is 5.69 Å². The van der Waals surface area contributed by atoms with Crippen LogP contribution >= 0.6 is 0 Å². The molecule has 1 aliphatic heterocycles. The molecule has 0 unspecified atom stereocenters. The molecule has 0 atom stereocenters. The normalized spacial score (nSPS) is 16.0. The third-order valence-corrected chi connectivity index (χ3v) is 3.27. The second-order valence-corrected chi connectivity index (χ2v) is 4.46. The van der Waals surface area contributed by atoms with Gasteiger partial charge in [-0.25, -0.2) is 0 Å². The third-order valence-electron chi connectivity index (χ3n) is 3.27. The van der Waals surface area contributed by atoms with Gasteiger partial charge in [0, 0.05) is 25.8 Å². The predicted octanol–water partition coefficient (Wildman–Crippen LogP) is 2.41. The molecule has 0 bridgehead atoms. The minimum absolute atomic E-state index is 0.622. The lowest BCUT2D eigenvalue weighted by Crippen LogP contribution is -2.22. The summed E-state index contributed by atoms with van der Waals surface area (Å²) in [5, 5.41) is 12.4. The maximum atomic E-state index is 9.07. The minimum atomic E-state index is 0.622. The molecule has 0 aromatic heterocycles. The molecule has 1 aliphatic rings. The first-order chi connectivity index (χ1) is 8.83. The highest BCUT2D eigenvalue weighted by Gasteiger charge is 2.14. The van der Waals surface area contributed by atoms with Gasteiger partial charge in [0.25, 0.3) is 0 Å². The quantitative estimate of drug-likeness (QED) is 0.886. The van der Waals surface area contributed by atoms with Crippen molar-refractivity contribution in [2.75, 3.05) is 32.2 Å². The van der Waals surface area contributed by atoms with E-state index in [-0.39, 0.29) is 0 Å². The van der Waals surface area contributed by atoms with Crippen LogP contribution in [0.25, 0.3) is 0 Å². The number of methoxy groups -OCH3 is 1. The number of nitrogens with one attached hydrogen (secondary N) is 1. The van der Waals surface area contributed by atoms with Gasteiger partial charge in [-0.05, 0) is 30.9 Å². The van der Waals surface area contributed by atoms with E-state index in [1.807, 2.05) is 6.07 Å². The highest BCUT2D eigenvalue weighted by atomic mass is 16.5. The van der Waals surface area contributed by atoms with E-state index < -0.39 is 0 Å². The Labute approximate surface area is 108 Å². The number of rotatable bonds is 4. The van der Waals surface area contributed by atoms with Gasteiger partial charge in [-0.3, -0.25) is 0 Å². The van der Waals surface area contributed by atoms with Gasteiger partial charge in [-0.2, -0.15) is 5.26 Å². The van der Waals surface area contributed by atoms with Gasteiger partial charge in [0.15, 0.2) is 0 Å². The van der Waals surface area contributed by atoms with E-state index >= 15 is 0 Å². The van der Waals surface area contributed by atoms with Crippen molar-refractivity contribution in [3.63, 3.8) is 0 Å². The zero-order valence-corrected chi connectivity index (χ0v) is 10.6. The Morgan fingerprint density at radius 1 is 1.44 bits per heavy atom. The number of ether oxygens (including phenoxy) is 2. The first-order valence-corrected chi connectivity index (χ1v) is 6.23. The number of anilines is 1. The molecule has 1 saturated heterocycles. The minimum Gasteiger partial charge on any atom is -0.497 e. The SMILES string of the molecule is COc1ccc(C#N)c(NCC2CCOCC2)c1. The van der Waals surface area contributed by atoms with Crippen LogP contribution in [0.1, 0.15) is 18.4 Å². The van der Waals surface area contributed by atoms with Crippen LogP contribution in [0.5, 0.6) is 5.75 Å². The number of hydrogen-bond donors (Lipinski definition) is 1. The van der Waals surface area contributed by atoms with E-state index in [9.17, 15) is 0 Å². The van der Waals surface area contributed by atoms with Crippen molar-refractivity contribution in [3.8, 4) is 11.8 Å². The van der Waals surface area contributed by atoms with E-state index in [0.717, 1.165) is 44.0 Å². The standard InChI is InChI=1S/C14H18N2O2/c1-17-13-3-2-12(9-15)14(8-13)16-10-11-4-6-18-7-5-11/h2-3,8,11,16H,4-7,10H2,1H3. The Kier molecular flexibility index (Phi) is 4.43. The maximum absolute atomic E-state index is 9.07. The lowest BCUT2D eigenvalue weighted by molar-refractivity contribution is 0.0699. The predicted molar refractivity (Wildman–Crippen MR) is 69.7 cm³/mol. The average Bonchev–Trinajstić information content (AvgIpc) is 2.45. The molecule has 0 spiro atoms. The Morgan fingerprint density at radius 2 is 2.22 bits per heavy atom. The van der Waals surface area contributed by atoms with Gasteiger partial charge in [0.1, 0.15) is 11.8 Å². The molecule has 1 aromatic rings. The van der Waals surface area contributed by atoms with Crippen LogP contribution in [0.3, 0.4) is 0 Å². The molecule has 1 N–H and O–H groups in total. The van der Waals surface area contributed by atoms with E-state index in [2.05, 4.69) is 11.4 Å². The van der Waals surface area contributed by atoms with Crippen molar-refractivity contribution in [2.45, 2.75) is 12.8 Å². The Hall–Kier alpha value is -1.73. The van der Waals surface area contributed by atoms with Crippen LogP contribution in [0.4, 0.5) is 5.69 Å². The second kappa shape index (κ2) is 6.27. The van der Waals surface area contributed by atoms with E-state index in [1.165, 1.54) is 0 Å².